The van der Waals surface area contributed by atoms with Crippen LogP contribution >= 0.6 is 0 Å². The Hall–Kier alpha value is -1.89. The molecule has 1 aliphatic rings. The van der Waals surface area contributed by atoms with Crippen molar-refractivity contribution in [2.75, 3.05) is 24.4 Å². The third kappa shape index (κ3) is 3.31. The van der Waals surface area contributed by atoms with Gasteiger partial charge in [0.2, 0.25) is 0 Å². The summed E-state index contributed by atoms with van der Waals surface area (Å²) >= 11 is 0. The van der Waals surface area contributed by atoms with Crippen LogP contribution in [0.15, 0.2) is 0 Å². The Morgan fingerprint density at radius 3 is 2.68 bits per heavy atom. The van der Waals surface area contributed by atoms with Gasteiger partial charge in [-0.15, -0.1) is 0 Å². The maximum Gasteiger partial charge on any atom is 0.307 e. The van der Waals surface area contributed by atoms with E-state index in [-0.39, 0.29) is 5.97 Å². The molecule has 0 amide bonds. The quantitative estimate of drug-likeness (QED) is 0.399. The second kappa shape index (κ2) is 5.83. The molecule has 1 aromatic rings. The number of nitrogen functional groups attached to an aromatic ring is 1. The fraction of sp³-hybridized carbons (Fsp3) is 0.583. The first-order valence-corrected chi connectivity index (χ1v) is 6.31. The van der Waals surface area contributed by atoms with Gasteiger partial charge in [0, 0.05) is 18.0 Å². The number of ether oxygens (including phenoxy) is 1. The van der Waals surface area contributed by atoms with Crippen molar-refractivity contribution in [2.24, 2.45) is 5.84 Å². The summed E-state index contributed by atoms with van der Waals surface area (Å²) in [5.74, 6) is 7.80. The van der Waals surface area contributed by atoms with Crippen LogP contribution in [0.1, 0.15) is 36.6 Å². The van der Waals surface area contributed by atoms with Crippen molar-refractivity contribution in [3.05, 3.63) is 11.4 Å². The maximum atomic E-state index is 11.1. The predicted octanol–water partition coefficient (Wildman–Crippen LogP) is 0.923. The summed E-state index contributed by atoms with van der Waals surface area (Å²) in [6.45, 7) is 2.35. The topological polar surface area (TPSA) is 102 Å². The molecule has 0 bridgehead atoms. The van der Waals surface area contributed by atoms with Crippen LogP contribution in [0.5, 0.6) is 0 Å². The average Bonchev–Trinajstić information content (AvgIpc) is 3.24. The van der Waals surface area contributed by atoms with E-state index < -0.39 is 0 Å². The molecule has 1 saturated carbocycles. The molecule has 2 rings (SSSR count). The van der Waals surface area contributed by atoms with Crippen LogP contribution in [-0.2, 0) is 9.53 Å². The first kappa shape index (κ1) is 13.5. The molecule has 7 nitrogen and oxygen atoms in total. The molecule has 0 unspecified atom stereocenters. The lowest BCUT2D eigenvalue weighted by Crippen LogP contribution is -2.16. The van der Waals surface area contributed by atoms with Crippen molar-refractivity contribution in [1.82, 2.24) is 9.97 Å². The summed E-state index contributed by atoms with van der Waals surface area (Å²) in [5.41, 5.74) is 3.43. The molecule has 0 aliphatic heterocycles. The summed E-state index contributed by atoms with van der Waals surface area (Å²) in [7, 11) is 1.37. The second-order valence-electron chi connectivity index (χ2n) is 4.58. The van der Waals surface area contributed by atoms with Crippen LogP contribution in [0.4, 0.5) is 11.6 Å². The van der Waals surface area contributed by atoms with E-state index in [9.17, 15) is 4.79 Å². The van der Waals surface area contributed by atoms with Crippen LogP contribution < -0.4 is 16.6 Å². The van der Waals surface area contributed by atoms with Crippen molar-refractivity contribution in [3.8, 4) is 0 Å². The SMILES string of the molecule is COC(=O)CCNc1nc(C2CC2)nc(NN)c1C. The highest BCUT2D eigenvalue weighted by Crippen LogP contribution is 2.39. The fourth-order valence-corrected chi connectivity index (χ4v) is 1.76. The van der Waals surface area contributed by atoms with E-state index in [0.717, 1.165) is 24.2 Å². The van der Waals surface area contributed by atoms with Crippen molar-refractivity contribution < 1.29 is 9.53 Å². The zero-order valence-corrected chi connectivity index (χ0v) is 11.2. The zero-order chi connectivity index (χ0) is 13.8. The summed E-state index contributed by atoms with van der Waals surface area (Å²) in [6, 6.07) is 0. The molecule has 4 N–H and O–H groups in total. The third-order valence-corrected chi connectivity index (χ3v) is 3.09. The second-order valence-corrected chi connectivity index (χ2v) is 4.58. The average molecular weight is 265 g/mol. The molecule has 1 fully saturated rings. The maximum absolute atomic E-state index is 11.1. The number of hydrazine groups is 1. The van der Waals surface area contributed by atoms with Gasteiger partial charge in [0.15, 0.2) is 0 Å². The van der Waals surface area contributed by atoms with E-state index in [2.05, 4.69) is 25.4 Å². The van der Waals surface area contributed by atoms with Gasteiger partial charge in [-0.05, 0) is 19.8 Å². The van der Waals surface area contributed by atoms with Gasteiger partial charge in [-0.1, -0.05) is 0 Å². The highest BCUT2D eigenvalue weighted by atomic mass is 16.5. The van der Waals surface area contributed by atoms with E-state index in [0.29, 0.717) is 30.5 Å². The molecule has 0 spiro atoms. The van der Waals surface area contributed by atoms with Gasteiger partial charge in [0.1, 0.15) is 17.5 Å². The molecule has 1 aromatic heterocycles. The van der Waals surface area contributed by atoms with Gasteiger partial charge in [-0.3, -0.25) is 4.79 Å². The van der Waals surface area contributed by atoms with E-state index in [1.54, 1.807) is 0 Å². The van der Waals surface area contributed by atoms with Gasteiger partial charge >= 0.3 is 5.97 Å². The molecule has 0 atom stereocenters. The number of methoxy groups -OCH3 is 1. The molecule has 0 saturated heterocycles. The van der Waals surface area contributed by atoms with Crippen molar-refractivity contribution in [3.63, 3.8) is 0 Å². The molecule has 1 aliphatic carbocycles. The number of carbonyl (C=O) groups is 1. The Morgan fingerprint density at radius 1 is 1.42 bits per heavy atom. The van der Waals surface area contributed by atoms with Crippen molar-refractivity contribution in [1.29, 1.82) is 0 Å². The summed E-state index contributed by atoms with van der Waals surface area (Å²) in [5, 5.41) is 3.13. The highest BCUT2D eigenvalue weighted by molar-refractivity contribution is 5.70. The van der Waals surface area contributed by atoms with Crippen LogP contribution in [0, 0.1) is 6.92 Å². The van der Waals surface area contributed by atoms with Crippen molar-refractivity contribution >= 4 is 17.6 Å². The molecular weight excluding hydrogens is 246 g/mol. The molecule has 0 aromatic carbocycles. The number of nitrogens with two attached hydrogens (primary N) is 1. The number of nitrogens with zero attached hydrogens (tertiary/aromatic N) is 2. The number of nitrogens with one attached hydrogen (secondary N) is 2. The minimum absolute atomic E-state index is 0.251. The van der Waals surface area contributed by atoms with E-state index in [1.807, 2.05) is 6.92 Å². The highest BCUT2D eigenvalue weighted by Gasteiger charge is 2.28. The lowest BCUT2D eigenvalue weighted by molar-refractivity contribution is -0.140. The van der Waals surface area contributed by atoms with Gasteiger partial charge in [0.25, 0.3) is 0 Å². The summed E-state index contributed by atoms with van der Waals surface area (Å²) in [4.78, 5) is 20.0. The van der Waals surface area contributed by atoms with E-state index in [1.165, 1.54) is 7.11 Å². The number of anilines is 2. The summed E-state index contributed by atoms with van der Waals surface area (Å²) in [6.07, 6.45) is 2.54. The molecule has 19 heavy (non-hydrogen) atoms. The van der Waals surface area contributed by atoms with Crippen LogP contribution in [0.3, 0.4) is 0 Å². The zero-order valence-electron chi connectivity index (χ0n) is 11.2. The normalized spacial score (nSPS) is 14.1. The molecule has 7 heteroatoms. The molecule has 104 valence electrons. The predicted molar refractivity (Wildman–Crippen MR) is 71.7 cm³/mol. The molecule has 1 heterocycles. The lowest BCUT2D eigenvalue weighted by atomic mass is 10.2. The fourth-order valence-electron chi connectivity index (χ4n) is 1.76. The number of hydrogen-bond donors (Lipinski definition) is 3. The number of carbonyl (C=O) groups excluding carboxylic acids is 1. The van der Waals surface area contributed by atoms with E-state index in [4.69, 9.17) is 5.84 Å². The van der Waals surface area contributed by atoms with Crippen LogP contribution in [0.2, 0.25) is 0 Å². The Morgan fingerprint density at radius 2 is 2.11 bits per heavy atom. The Bertz CT molecular complexity index is 473. The first-order valence-electron chi connectivity index (χ1n) is 6.31. The van der Waals surface area contributed by atoms with Gasteiger partial charge in [-0.2, -0.15) is 0 Å². The Labute approximate surface area is 111 Å². The number of esters is 1. The first-order chi connectivity index (χ1) is 9.15. The minimum atomic E-state index is -0.251. The largest absolute Gasteiger partial charge is 0.469 e. The molecular formula is C12H19N5O2. The number of rotatable bonds is 6. The Kier molecular flexibility index (Phi) is 4.16. The van der Waals surface area contributed by atoms with Crippen LogP contribution in [0.25, 0.3) is 0 Å². The smallest absolute Gasteiger partial charge is 0.307 e. The van der Waals surface area contributed by atoms with Crippen molar-refractivity contribution in [2.45, 2.75) is 32.1 Å². The number of hydrogen-bond acceptors (Lipinski definition) is 7. The Balaban J connectivity index is 2.09. The van der Waals surface area contributed by atoms with E-state index >= 15 is 0 Å². The number of aromatic nitrogens is 2. The van der Waals surface area contributed by atoms with Gasteiger partial charge < -0.3 is 15.5 Å². The molecule has 0 radical (unpaired) electrons. The summed E-state index contributed by atoms with van der Waals surface area (Å²) < 4.78 is 4.59. The standard InChI is InChI=1S/C12H19N5O2/c1-7-10(14-6-5-9(18)19-2)15-12(8-3-4-8)16-11(7)17-13/h8H,3-6,13H2,1-2H3,(H2,14,15,16,17). The monoisotopic (exact) mass is 265 g/mol. The van der Waals surface area contributed by atoms with Crippen LogP contribution in [-0.4, -0.2) is 29.6 Å². The lowest BCUT2D eigenvalue weighted by Gasteiger charge is -2.13. The third-order valence-electron chi connectivity index (χ3n) is 3.09. The van der Waals surface area contributed by atoms with Gasteiger partial charge in [0.05, 0.1) is 13.5 Å². The minimum Gasteiger partial charge on any atom is -0.469 e. The van der Waals surface area contributed by atoms with Gasteiger partial charge in [-0.25, -0.2) is 15.8 Å².